The van der Waals surface area contributed by atoms with E-state index in [1.165, 1.54) is 0 Å². The van der Waals surface area contributed by atoms with Gasteiger partial charge in [-0.15, -0.1) is 0 Å². The van der Waals surface area contributed by atoms with Crippen LogP contribution >= 0.6 is 11.6 Å². The van der Waals surface area contributed by atoms with Gasteiger partial charge in [0.2, 0.25) is 11.8 Å². The Morgan fingerprint density at radius 1 is 1.12 bits per heavy atom. The summed E-state index contributed by atoms with van der Waals surface area (Å²) in [4.78, 5) is 11.4. The number of imidazole rings is 1. The number of anilines is 1. The molecule has 0 atom stereocenters. The number of halogens is 4. The Balaban J connectivity index is 1.92. The van der Waals surface area contributed by atoms with Crippen LogP contribution in [0.4, 0.5) is 19.1 Å². The molecule has 2 heterocycles. The molecule has 2 aromatic heterocycles. The number of hydrogen-bond acceptors (Lipinski definition) is 4. The number of benzene rings is 1. The maximum atomic E-state index is 12.9. The summed E-state index contributed by atoms with van der Waals surface area (Å²) < 4.78 is 40.4. The van der Waals surface area contributed by atoms with E-state index in [-0.39, 0.29) is 11.7 Å². The lowest BCUT2D eigenvalue weighted by molar-refractivity contribution is -0.144. The average Bonchev–Trinajstić information content (AvgIpc) is 3.26. The smallest absolute Gasteiger partial charge is 0.353 e. The maximum Gasteiger partial charge on any atom is 0.451 e. The molecule has 0 radical (unpaired) electrons. The van der Waals surface area contributed by atoms with Gasteiger partial charge in [-0.25, -0.2) is 15.0 Å². The molecule has 1 aliphatic rings. The molecule has 1 N–H and O–H groups in total. The molecule has 1 aliphatic carbocycles. The molecule has 0 spiro atoms. The lowest BCUT2D eigenvalue weighted by Crippen LogP contribution is -2.12. The second-order valence-electron chi connectivity index (χ2n) is 5.57. The summed E-state index contributed by atoms with van der Waals surface area (Å²) in [5.41, 5.74) is 1.01. The molecule has 0 aliphatic heterocycles. The van der Waals surface area contributed by atoms with Crippen molar-refractivity contribution >= 4 is 28.7 Å². The number of nitrogens with zero attached hydrogens (tertiary/aromatic N) is 4. The summed E-state index contributed by atoms with van der Waals surface area (Å²) in [6, 6.07) is 7.02. The molecule has 9 heteroatoms. The summed E-state index contributed by atoms with van der Waals surface area (Å²) in [5, 5.41) is 3.75. The fraction of sp³-hybridized carbons (Fsp3) is 0.267. The van der Waals surface area contributed by atoms with Crippen LogP contribution < -0.4 is 5.32 Å². The standard InChI is InChI=1S/C15H11ClF3N5/c16-8-1-5-10(6-2-8)24-12-11(22-14(24)21-9-3-4-9)7-20-13(23-12)15(17,18)19/h1-2,5-7,9H,3-4H2,(H,21,22). The molecule has 0 amide bonds. The first-order valence-corrected chi connectivity index (χ1v) is 7.65. The first kappa shape index (κ1) is 15.2. The van der Waals surface area contributed by atoms with Crippen LogP contribution in [0.2, 0.25) is 5.02 Å². The van der Waals surface area contributed by atoms with Gasteiger partial charge >= 0.3 is 6.18 Å². The highest BCUT2D eigenvalue weighted by atomic mass is 35.5. The number of nitrogens with one attached hydrogen (secondary N) is 1. The number of aromatic nitrogens is 4. The van der Waals surface area contributed by atoms with Crippen LogP contribution in [0.15, 0.2) is 30.5 Å². The second-order valence-corrected chi connectivity index (χ2v) is 6.00. The Morgan fingerprint density at radius 2 is 1.83 bits per heavy atom. The SMILES string of the molecule is FC(F)(F)c1ncc2nc(NC3CC3)n(-c3ccc(Cl)cc3)c2n1. The van der Waals surface area contributed by atoms with Crippen molar-refractivity contribution in [2.75, 3.05) is 5.32 Å². The van der Waals surface area contributed by atoms with Gasteiger partial charge in [0.15, 0.2) is 5.65 Å². The zero-order chi connectivity index (χ0) is 16.9. The van der Waals surface area contributed by atoms with Crippen molar-refractivity contribution in [1.29, 1.82) is 0 Å². The van der Waals surface area contributed by atoms with E-state index in [1.807, 2.05) is 0 Å². The van der Waals surface area contributed by atoms with Gasteiger partial charge in [-0.1, -0.05) is 11.6 Å². The van der Waals surface area contributed by atoms with E-state index < -0.39 is 12.0 Å². The van der Waals surface area contributed by atoms with Crippen LogP contribution in [0.3, 0.4) is 0 Å². The lowest BCUT2D eigenvalue weighted by Gasteiger charge is -2.10. The minimum atomic E-state index is -4.62. The highest BCUT2D eigenvalue weighted by Gasteiger charge is 2.35. The predicted molar refractivity (Wildman–Crippen MR) is 83.3 cm³/mol. The predicted octanol–water partition coefficient (Wildman–Crippen LogP) is 4.06. The van der Waals surface area contributed by atoms with E-state index >= 15 is 0 Å². The molecule has 0 saturated heterocycles. The third-order valence-corrected chi connectivity index (χ3v) is 3.90. The normalized spacial score (nSPS) is 15.0. The molecule has 5 nitrogen and oxygen atoms in total. The second kappa shape index (κ2) is 5.34. The number of rotatable bonds is 3. The van der Waals surface area contributed by atoms with Gasteiger partial charge in [0.25, 0.3) is 0 Å². The van der Waals surface area contributed by atoms with Crippen LogP contribution in [-0.2, 0) is 6.18 Å². The topological polar surface area (TPSA) is 55.6 Å². The van der Waals surface area contributed by atoms with Gasteiger partial charge in [-0.05, 0) is 37.1 Å². The molecule has 3 aromatic rings. The minimum absolute atomic E-state index is 0.0998. The van der Waals surface area contributed by atoms with Crippen molar-refractivity contribution in [3.8, 4) is 5.69 Å². The van der Waals surface area contributed by atoms with Crippen molar-refractivity contribution in [3.63, 3.8) is 0 Å². The molecule has 124 valence electrons. The van der Waals surface area contributed by atoms with Crippen molar-refractivity contribution in [2.24, 2.45) is 0 Å². The third kappa shape index (κ3) is 2.77. The summed E-state index contributed by atoms with van der Waals surface area (Å²) in [6.45, 7) is 0. The molecule has 0 bridgehead atoms. The Bertz CT molecular complexity index is 900. The molecule has 1 fully saturated rings. The molecule has 1 saturated carbocycles. The van der Waals surface area contributed by atoms with E-state index in [0.29, 0.717) is 22.2 Å². The van der Waals surface area contributed by atoms with Crippen molar-refractivity contribution < 1.29 is 13.2 Å². The number of alkyl halides is 3. The summed E-state index contributed by atoms with van der Waals surface area (Å²) >= 11 is 5.90. The van der Waals surface area contributed by atoms with Crippen molar-refractivity contribution in [2.45, 2.75) is 25.1 Å². The van der Waals surface area contributed by atoms with Crippen molar-refractivity contribution in [1.82, 2.24) is 19.5 Å². The Morgan fingerprint density at radius 3 is 2.46 bits per heavy atom. The summed E-state index contributed by atoms with van der Waals surface area (Å²) in [5.74, 6) is -0.744. The van der Waals surface area contributed by atoms with Gasteiger partial charge < -0.3 is 5.32 Å². The maximum absolute atomic E-state index is 12.9. The van der Waals surface area contributed by atoms with Crippen LogP contribution in [0, 0.1) is 0 Å². The first-order chi connectivity index (χ1) is 11.4. The highest BCUT2D eigenvalue weighted by Crippen LogP contribution is 2.31. The lowest BCUT2D eigenvalue weighted by atomic mass is 10.3. The van der Waals surface area contributed by atoms with Crippen LogP contribution in [-0.4, -0.2) is 25.6 Å². The summed E-state index contributed by atoms with van der Waals surface area (Å²) in [7, 11) is 0. The Hall–Kier alpha value is -2.35. The number of fused-ring (bicyclic) bond motifs is 1. The largest absolute Gasteiger partial charge is 0.451 e. The monoisotopic (exact) mass is 353 g/mol. The molecular weight excluding hydrogens is 343 g/mol. The van der Waals surface area contributed by atoms with E-state index in [9.17, 15) is 13.2 Å². The van der Waals surface area contributed by atoms with E-state index in [2.05, 4.69) is 20.3 Å². The Kier molecular flexibility index (Phi) is 3.38. The fourth-order valence-electron chi connectivity index (χ4n) is 2.35. The minimum Gasteiger partial charge on any atom is -0.353 e. The molecule has 4 rings (SSSR count). The Labute approximate surface area is 139 Å². The van der Waals surface area contributed by atoms with E-state index in [0.717, 1.165) is 19.0 Å². The van der Waals surface area contributed by atoms with Gasteiger partial charge in [-0.3, -0.25) is 4.57 Å². The van der Waals surface area contributed by atoms with Gasteiger partial charge in [-0.2, -0.15) is 13.2 Å². The van der Waals surface area contributed by atoms with E-state index in [1.54, 1.807) is 28.8 Å². The highest BCUT2D eigenvalue weighted by molar-refractivity contribution is 6.30. The quantitative estimate of drug-likeness (QED) is 0.771. The van der Waals surface area contributed by atoms with Crippen LogP contribution in [0.5, 0.6) is 0 Å². The zero-order valence-corrected chi connectivity index (χ0v) is 12.9. The van der Waals surface area contributed by atoms with Crippen LogP contribution in [0.1, 0.15) is 18.7 Å². The molecule has 0 unspecified atom stereocenters. The number of hydrogen-bond donors (Lipinski definition) is 1. The average molecular weight is 354 g/mol. The first-order valence-electron chi connectivity index (χ1n) is 7.27. The van der Waals surface area contributed by atoms with Gasteiger partial charge in [0.1, 0.15) is 5.52 Å². The summed E-state index contributed by atoms with van der Waals surface area (Å²) in [6.07, 6.45) is -1.52. The molecule has 1 aromatic carbocycles. The fourth-order valence-corrected chi connectivity index (χ4v) is 2.48. The molecular formula is C15H11ClF3N5. The third-order valence-electron chi connectivity index (χ3n) is 3.65. The van der Waals surface area contributed by atoms with Gasteiger partial charge in [0, 0.05) is 11.1 Å². The zero-order valence-electron chi connectivity index (χ0n) is 12.2. The molecule has 24 heavy (non-hydrogen) atoms. The van der Waals surface area contributed by atoms with Crippen molar-refractivity contribution in [3.05, 3.63) is 41.3 Å². The van der Waals surface area contributed by atoms with Crippen LogP contribution in [0.25, 0.3) is 16.9 Å². The van der Waals surface area contributed by atoms with E-state index in [4.69, 9.17) is 11.6 Å². The van der Waals surface area contributed by atoms with Gasteiger partial charge in [0.05, 0.1) is 11.9 Å².